The van der Waals surface area contributed by atoms with Gasteiger partial charge in [0.25, 0.3) is 0 Å². The van der Waals surface area contributed by atoms with Gasteiger partial charge >= 0.3 is 0 Å². The molecular weight excluding hydrogens is 464 g/mol. The summed E-state index contributed by atoms with van der Waals surface area (Å²) in [6.45, 7) is 6.64. The third-order valence-electron chi connectivity index (χ3n) is 5.63. The van der Waals surface area contributed by atoms with Crippen LogP contribution in [0.2, 0.25) is 0 Å². The van der Waals surface area contributed by atoms with Gasteiger partial charge in [-0.15, -0.1) is 0 Å². The van der Waals surface area contributed by atoms with Crippen LogP contribution in [-0.4, -0.2) is 75.5 Å². The Kier molecular flexibility index (Phi) is 10.5. The molecule has 0 radical (unpaired) electrons. The van der Waals surface area contributed by atoms with Crippen molar-refractivity contribution in [3.63, 3.8) is 0 Å². The Morgan fingerprint density at radius 2 is 0.892 bits per heavy atom. The van der Waals surface area contributed by atoms with Gasteiger partial charge in [-0.1, -0.05) is 35.8 Å². The second kappa shape index (κ2) is 15.0. The van der Waals surface area contributed by atoms with E-state index in [1.54, 1.807) is 0 Å². The van der Waals surface area contributed by atoms with E-state index in [4.69, 9.17) is 18.9 Å². The van der Waals surface area contributed by atoms with Crippen LogP contribution in [0.25, 0.3) is 0 Å². The number of ether oxygens (including phenoxy) is 4. The summed E-state index contributed by atoms with van der Waals surface area (Å²) < 4.78 is 22.9. The van der Waals surface area contributed by atoms with Gasteiger partial charge in [-0.05, 0) is 54.4 Å². The molecule has 4 rings (SSSR count). The molecule has 0 spiro atoms. The fraction of sp³-hybridized carbons (Fsp3) is 0.355. The zero-order valence-corrected chi connectivity index (χ0v) is 20.9. The number of nitrogens with zero attached hydrogens (tertiary/aromatic N) is 2. The van der Waals surface area contributed by atoms with Crippen LogP contribution in [0, 0.1) is 47.4 Å². The van der Waals surface area contributed by atoms with Crippen LogP contribution in [0.15, 0.2) is 48.5 Å². The summed E-state index contributed by atoms with van der Waals surface area (Å²) in [4.78, 5) is 4.76. The molecule has 2 atom stereocenters. The lowest BCUT2D eigenvalue weighted by Crippen LogP contribution is -2.31. The average Bonchev–Trinajstić information content (AvgIpc) is 3.15. The molecule has 188 valence electrons. The van der Waals surface area contributed by atoms with Crippen LogP contribution in [0.4, 0.5) is 0 Å². The van der Waals surface area contributed by atoms with Gasteiger partial charge in [0.2, 0.25) is 0 Å². The molecule has 0 aromatic heterocycles. The molecule has 6 nitrogen and oxygen atoms in total. The second-order valence-electron chi connectivity index (χ2n) is 8.32. The third-order valence-corrected chi connectivity index (χ3v) is 5.63. The van der Waals surface area contributed by atoms with Crippen molar-refractivity contribution in [2.45, 2.75) is 6.42 Å². The van der Waals surface area contributed by atoms with Gasteiger partial charge in [-0.2, -0.15) is 0 Å². The summed E-state index contributed by atoms with van der Waals surface area (Å²) in [6.07, 6.45) is 1.10. The predicted octanol–water partition coefficient (Wildman–Crippen LogP) is 2.94. The Morgan fingerprint density at radius 1 is 0.486 bits per heavy atom. The van der Waals surface area contributed by atoms with Gasteiger partial charge in [0.15, 0.2) is 0 Å². The molecule has 6 bridgehead atoms. The quantitative estimate of drug-likeness (QED) is 0.525. The Labute approximate surface area is 219 Å². The van der Waals surface area contributed by atoms with E-state index in [0.29, 0.717) is 36.2 Å². The zero-order valence-electron chi connectivity index (χ0n) is 20.9. The minimum absolute atomic E-state index is 0.230. The summed E-state index contributed by atoms with van der Waals surface area (Å²) in [5.74, 6) is 26.8. The monoisotopic (exact) mass is 494 g/mol. The number of rotatable bonds is 0. The van der Waals surface area contributed by atoms with Crippen molar-refractivity contribution in [1.29, 1.82) is 0 Å². The Hall–Kier alpha value is -4.20. The number of hydrogen-bond donors (Lipinski definition) is 0. The van der Waals surface area contributed by atoms with Crippen LogP contribution in [0.1, 0.15) is 6.42 Å². The first kappa shape index (κ1) is 25.9. The van der Waals surface area contributed by atoms with Crippen LogP contribution in [0.5, 0.6) is 23.0 Å². The van der Waals surface area contributed by atoms with Gasteiger partial charge in [0, 0.05) is 38.3 Å². The van der Waals surface area contributed by atoms with Gasteiger partial charge < -0.3 is 18.9 Å². The highest BCUT2D eigenvalue weighted by atomic mass is 16.5. The van der Waals surface area contributed by atoms with E-state index >= 15 is 0 Å². The summed E-state index contributed by atoms with van der Waals surface area (Å²) >= 11 is 0. The largest absolute Gasteiger partial charge is 0.481 e. The highest BCUT2D eigenvalue weighted by molar-refractivity contribution is 5.35. The fourth-order valence-electron chi connectivity index (χ4n) is 3.72. The number of benzene rings is 2. The molecule has 2 heterocycles. The maximum atomic E-state index is 5.77. The van der Waals surface area contributed by atoms with Crippen molar-refractivity contribution in [2.75, 3.05) is 65.7 Å². The normalized spacial score (nSPS) is 20.1. The van der Waals surface area contributed by atoms with E-state index in [2.05, 4.69) is 57.2 Å². The average molecular weight is 495 g/mol. The van der Waals surface area contributed by atoms with Crippen molar-refractivity contribution in [3.05, 3.63) is 48.5 Å². The molecule has 1 saturated heterocycles. The Bertz CT molecular complexity index is 1180. The van der Waals surface area contributed by atoms with Crippen molar-refractivity contribution in [3.8, 4) is 70.4 Å². The lowest BCUT2D eigenvalue weighted by molar-refractivity contribution is 0.291. The van der Waals surface area contributed by atoms with E-state index in [1.807, 2.05) is 48.5 Å². The summed E-state index contributed by atoms with van der Waals surface area (Å²) in [5, 5.41) is 0. The first-order chi connectivity index (χ1) is 18.3. The fourth-order valence-corrected chi connectivity index (χ4v) is 3.72. The standard InChI is InChI=1S/C31H30N2O4/c1-2-6-23-35-29-13-10-15-31(27-29)37-25-8-4-17-33-19-11-18-32(20-21-33)16-3-7-24-36-30-14-9-12-28(26-30)34-22-5-1/h9-10,12-15,26-27H,11,16-25H2. The van der Waals surface area contributed by atoms with Crippen LogP contribution < -0.4 is 18.9 Å². The van der Waals surface area contributed by atoms with E-state index in [1.165, 1.54) is 0 Å². The molecular formula is C31H30N2O4. The van der Waals surface area contributed by atoms with E-state index in [9.17, 15) is 0 Å². The molecule has 0 aliphatic carbocycles. The zero-order chi connectivity index (χ0) is 25.4. The molecule has 0 saturated carbocycles. The third kappa shape index (κ3) is 9.76. The molecule has 1 fully saturated rings. The van der Waals surface area contributed by atoms with Crippen LogP contribution >= 0.6 is 0 Å². The number of fused-ring (bicyclic) bond motifs is 7. The molecule has 2 aromatic carbocycles. The molecule has 2 unspecified atom stereocenters. The molecule has 2 aliphatic heterocycles. The lowest BCUT2D eigenvalue weighted by atomic mass is 10.3. The van der Waals surface area contributed by atoms with Crippen molar-refractivity contribution < 1.29 is 18.9 Å². The van der Waals surface area contributed by atoms with Gasteiger partial charge in [-0.25, -0.2) is 0 Å². The second-order valence-corrected chi connectivity index (χ2v) is 8.32. The first-order valence-corrected chi connectivity index (χ1v) is 12.4. The Balaban J connectivity index is 1.39. The van der Waals surface area contributed by atoms with Crippen molar-refractivity contribution in [2.24, 2.45) is 0 Å². The van der Waals surface area contributed by atoms with E-state index < -0.39 is 0 Å². The lowest BCUT2D eigenvalue weighted by Gasteiger charge is -2.18. The van der Waals surface area contributed by atoms with Crippen molar-refractivity contribution in [1.82, 2.24) is 9.80 Å². The molecule has 0 N–H and O–H groups in total. The summed E-state index contributed by atoms with van der Waals surface area (Å²) in [7, 11) is 0. The van der Waals surface area contributed by atoms with Gasteiger partial charge in [-0.3, -0.25) is 9.80 Å². The highest BCUT2D eigenvalue weighted by Crippen LogP contribution is 2.20. The van der Waals surface area contributed by atoms with Gasteiger partial charge in [0.05, 0.1) is 13.1 Å². The molecule has 2 aromatic rings. The number of hydrogen-bond acceptors (Lipinski definition) is 6. The minimum Gasteiger partial charge on any atom is -0.481 e. The molecule has 37 heavy (non-hydrogen) atoms. The topological polar surface area (TPSA) is 43.4 Å². The van der Waals surface area contributed by atoms with Gasteiger partial charge in [0.1, 0.15) is 49.4 Å². The van der Waals surface area contributed by atoms with E-state index in [-0.39, 0.29) is 13.2 Å². The predicted molar refractivity (Wildman–Crippen MR) is 143 cm³/mol. The first-order valence-electron chi connectivity index (χ1n) is 12.4. The minimum atomic E-state index is 0.230. The smallest absolute Gasteiger partial charge is 0.150 e. The van der Waals surface area contributed by atoms with Crippen LogP contribution in [0.3, 0.4) is 0 Å². The highest BCUT2D eigenvalue weighted by Gasteiger charge is 2.12. The maximum absolute atomic E-state index is 5.77. The molecule has 2 aliphatic rings. The SMILES string of the molecule is C1#CCOc2cccc(c2)OCC#CCN2CCCN(CC#CCOc3cccc(c3)OCC#C1)CC2. The maximum Gasteiger partial charge on any atom is 0.150 e. The Morgan fingerprint density at radius 3 is 1.32 bits per heavy atom. The van der Waals surface area contributed by atoms with Crippen molar-refractivity contribution >= 4 is 0 Å². The molecule has 0 amide bonds. The van der Waals surface area contributed by atoms with Crippen LogP contribution in [-0.2, 0) is 0 Å². The molecule has 6 heteroatoms. The van der Waals surface area contributed by atoms with E-state index in [0.717, 1.165) is 45.7 Å². The summed E-state index contributed by atoms with van der Waals surface area (Å²) in [5.41, 5.74) is 0. The summed E-state index contributed by atoms with van der Waals surface area (Å²) in [6, 6.07) is 14.9.